The van der Waals surface area contributed by atoms with Gasteiger partial charge < -0.3 is 9.84 Å². The van der Waals surface area contributed by atoms with Crippen LogP contribution >= 0.6 is 0 Å². The number of ketones is 1. The van der Waals surface area contributed by atoms with Crippen LogP contribution in [-0.2, 0) is 14.3 Å². The molecule has 0 bridgehead atoms. The van der Waals surface area contributed by atoms with Gasteiger partial charge in [-0.2, -0.15) is 0 Å². The van der Waals surface area contributed by atoms with Crippen LogP contribution in [0.25, 0.3) is 0 Å². The molecule has 24 heavy (non-hydrogen) atoms. The Morgan fingerprint density at radius 3 is 2.46 bits per heavy atom. The molecule has 0 aromatic rings. The van der Waals surface area contributed by atoms with E-state index in [1.807, 2.05) is 39.8 Å². The first-order chi connectivity index (χ1) is 11.3. The number of fused-ring (bicyclic) bond motifs is 1. The Kier molecular flexibility index (Phi) is 5.60. The fourth-order valence-electron chi connectivity index (χ4n) is 2.83. The minimum atomic E-state index is -0.549. The smallest absolute Gasteiger partial charge is 0.199 e. The lowest BCUT2D eigenvalue weighted by molar-refractivity contribution is -0.117. The highest BCUT2D eigenvalue weighted by Gasteiger charge is 2.40. The lowest BCUT2D eigenvalue weighted by Crippen LogP contribution is -2.36. The summed E-state index contributed by atoms with van der Waals surface area (Å²) in [6, 6.07) is 0. The van der Waals surface area contributed by atoms with Crippen LogP contribution in [0.15, 0.2) is 58.1 Å². The molecule has 0 aromatic heterocycles. The van der Waals surface area contributed by atoms with E-state index in [1.165, 1.54) is 6.26 Å². The van der Waals surface area contributed by atoms with Gasteiger partial charge in [-0.3, -0.25) is 9.59 Å². The summed E-state index contributed by atoms with van der Waals surface area (Å²) in [5.74, 6) is -0.381. The molecule has 0 radical (unpaired) electrons. The van der Waals surface area contributed by atoms with E-state index in [0.29, 0.717) is 30.3 Å². The molecule has 2 rings (SSSR count). The van der Waals surface area contributed by atoms with Crippen LogP contribution in [-0.4, -0.2) is 23.3 Å². The molecule has 0 saturated heterocycles. The van der Waals surface area contributed by atoms with Crippen molar-refractivity contribution in [1.82, 2.24) is 0 Å². The van der Waals surface area contributed by atoms with Crippen molar-refractivity contribution in [3.05, 3.63) is 58.1 Å². The van der Waals surface area contributed by atoms with Crippen molar-refractivity contribution in [3.8, 4) is 0 Å². The van der Waals surface area contributed by atoms with Gasteiger partial charge in [0.05, 0.1) is 17.8 Å². The third kappa shape index (κ3) is 3.75. The second-order valence-electron chi connectivity index (χ2n) is 6.70. The highest BCUT2D eigenvalue weighted by molar-refractivity contribution is 6.21. The SMILES string of the molecule is CC(C)=CCC1=C(O)C(CC=C(C)C)C2OC=C(C=O)C(=O)C2=C1. The van der Waals surface area contributed by atoms with Gasteiger partial charge in [0.25, 0.3) is 0 Å². The van der Waals surface area contributed by atoms with Crippen LogP contribution in [0.1, 0.15) is 40.5 Å². The topological polar surface area (TPSA) is 63.6 Å². The number of hydrogen-bond donors (Lipinski definition) is 1. The van der Waals surface area contributed by atoms with E-state index in [4.69, 9.17) is 4.74 Å². The zero-order valence-corrected chi connectivity index (χ0v) is 14.6. The predicted molar refractivity (Wildman–Crippen MR) is 93.4 cm³/mol. The summed E-state index contributed by atoms with van der Waals surface area (Å²) in [5, 5.41) is 10.7. The van der Waals surface area contributed by atoms with E-state index in [9.17, 15) is 14.7 Å². The summed E-state index contributed by atoms with van der Waals surface area (Å²) in [5.41, 5.74) is 3.44. The third-order valence-electron chi connectivity index (χ3n) is 4.19. The second kappa shape index (κ2) is 7.47. The molecular formula is C20H24O4. The van der Waals surface area contributed by atoms with Gasteiger partial charge in [0.2, 0.25) is 0 Å². The highest BCUT2D eigenvalue weighted by Crippen LogP contribution is 2.38. The number of ether oxygens (including phenoxy) is 1. The maximum absolute atomic E-state index is 12.5. The Bertz CT molecular complexity index is 693. The van der Waals surface area contributed by atoms with Crippen molar-refractivity contribution in [2.24, 2.45) is 5.92 Å². The van der Waals surface area contributed by atoms with Crippen molar-refractivity contribution in [3.63, 3.8) is 0 Å². The molecule has 1 aliphatic heterocycles. The maximum atomic E-state index is 12.5. The van der Waals surface area contributed by atoms with E-state index in [-0.39, 0.29) is 23.0 Å². The molecule has 1 aliphatic carbocycles. The number of aliphatic hydroxyl groups excluding tert-OH is 1. The largest absolute Gasteiger partial charge is 0.512 e. The zero-order valence-electron chi connectivity index (χ0n) is 14.6. The fraction of sp³-hybridized carbons (Fsp3) is 0.400. The highest BCUT2D eigenvalue weighted by atomic mass is 16.5. The summed E-state index contributed by atoms with van der Waals surface area (Å²) >= 11 is 0. The van der Waals surface area contributed by atoms with Crippen molar-refractivity contribution >= 4 is 12.1 Å². The summed E-state index contributed by atoms with van der Waals surface area (Å²) in [6.07, 6.45) is 8.00. The fourth-order valence-corrected chi connectivity index (χ4v) is 2.83. The summed E-state index contributed by atoms with van der Waals surface area (Å²) in [6.45, 7) is 7.95. The number of Topliss-reactive ketones (excluding diaryl/α,β-unsaturated/α-hetero) is 1. The van der Waals surface area contributed by atoms with Gasteiger partial charge in [-0.1, -0.05) is 23.3 Å². The van der Waals surface area contributed by atoms with E-state index in [2.05, 4.69) is 0 Å². The standard InChI is InChI=1S/C20H24O4/c1-12(2)5-7-14-9-17-19(23)15(10-21)11-24-20(17)16(18(14)22)8-6-13(3)4/h5-6,9-11,16,20,22H,7-8H2,1-4H3. The molecule has 1 N–H and O–H groups in total. The molecular weight excluding hydrogens is 304 g/mol. The molecule has 0 fully saturated rings. The van der Waals surface area contributed by atoms with Crippen LogP contribution in [0.4, 0.5) is 0 Å². The number of allylic oxidation sites excluding steroid dienone is 7. The van der Waals surface area contributed by atoms with E-state index >= 15 is 0 Å². The molecule has 0 amide bonds. The average Bonchev–Trinajstić information content (AvgIpc) is 2.52. The first-order valence-electron chi connectivity index (χ1n) is 8.11. The van der Waals surface area contributed by atoms with Gasteiger partial charge in [-0.25, -0.2) is 0 Å². The van der Waals surface area contributed by atoms with Crippen molar-refractivity contribution in [1.29, 1.82) is 0 Å². The van der Waals surface area contributed by atoms with E-state index in [0.717, 1.165) is 11.1 Å². The molecule has 2 atom stereocenters. The lowest BCUT2D eigenvalue weighted by atomic mass is 9.79. The molecule has 2 unspecified atom stereocenters. The minimum absolute atomic E-state index is 0.0152. The Morgan fingerprint density at radius 1 is 1.21 bits per heavy atom. The summed E-state index contributed by atoms with van der Waals surface area (Å²) in [7, 11) is 0. The molecule has 4 nitrogen and oxygen atoms in total. The third-order valence-corrected chi connectivity index (χ3v) is 4.19. The van der Waals surface area contributed by atoms with Gasteiger partial charge in [0.1, 0.15) is 11.9 Å². The van der Waals surface area contributed by atoms with Gasteiger partial charge in [-0.15, -0.1) is 0 Å². The Balaban J connectivity index is 2.46. The molecule has 0 aromatic carbocycles. The second-order valence-corrected chi connectivity index (χ2v) is 6.70. The Labute approximate surface area is 142 Å². The van der Waals surface area contributed by atoms with Crippen LogP contribution in [0.5, 0.6) is 0 Å². The average molecular weight is 328 g/mol. The quantitative estimate of drug-likeness (QED) is 0.468. The molecule has 4 heteroatoms. The summed E-state index contributed by atoms with van der Waals surface area (Å²) in [4.78, 5) is 23.5. The summed E-state index contributed by atoms with van der Waals surface area (Å²) < 4.78 is 5.62. The number of carbonyl (C=O) groups is 2. The predicted octanol–water partition coefficient (Wildman–Crippen LogP) is 4.12. The van der Waals surface area contributed by atoms with E-state index in [1.54, 1.807) is 6.08 Å². The maximum Gasteiger partial charge on any atom is 0.199 e. The van der Waals surface area contributed by atoms with Crippen molar-refractivity contribution in [2.45, 2.75) is 46.6 Å². The Hall–Kier alpha value is -2.36. The molecule has 0 saturated carbocycles. The van der Waals surface area contributed by atoms with Crippen LogP contribution in [0.2, 0.25) is 0 Å². The number of carbonyl (C=O) groups excluding carboxylic acids is 2. The van der Waals surface area contributed by atoms with Crippen LogP contribution in [0, 0.1) is 5.92 Å². The molecule has 128 valence electrons. The van der Waals surface area contributed by atoms with Crippen molar-refractivity contribution < 1.29 is 19.4 Å². The first-order valence-corrected chi connectivity index (χ1v) is 8.11. The molecule has 2 aliphatic rings. The molecule has 0 spiro atoms. The number of aldehydes is 1. The Morgan fingerprint density at radius 2 is 1.88 bits per heavy atom. The number of aliphatic hydroxyl groups is 1. The number of hydrogen-bond acceptors (Lipinski definition) is 4. The number of rotatable bonds is 5. The van der Waals surface area contributed by atoms with Gasteiger partial charge in [0.15, 0.2) is 12.1 Å². The minimum Gasteiger partial charge on any atom is -0.512 e. The zero-order chi connectivity index (χ0) is 17.9. The lowest BCUT2D eigenvalue weighted by Gasteiger charge is -2.34. The van der Waals surface area contributed by atoms with Crippen LogP contribution in [0.3, 0.4) is 0 Å². The van der Waals surface area contributed by atoms with Crippen LogP contribution < -0.4 is 0 Å². The van der Waals surface area contributed by atoms with E-state index < -0.39 is 6.10 Å². The van der Waals surface area contributed by atoms with Gasteiger partial charge >= 0.3 is 0 Å². The van der Waals surface area contributed by atoms with Gasteiger partial charge in [-0.05, 0) is 52.2 Å². The van der Waals surface area contributed by atoms with Gasteiger partial charge in [0, 0.05) is 5.57 Å². The van der Waals surface area contributed by atoms with Crippen molar-refractivity contribution in [2.75, 3.05) is 0 Å². The first kappa shape index (κ1) is 18.0. The normalized spacial score (nSPS) is 22.8. The monoisotopic (exact) mass is 328 g/mol. The molecule has 1 heterocycles.